The van der Waals surface area contributed by atoms with Crippen molar-refractivity contribution in [2.45, 2.75) is 23.8 Å². The minimum absolute atomic E-state index is 0.00573. The van der Waals surface area contributed by atoms with Crippen LogP contribution < -0.4 is 4.72 Å². The van der Waals surface area contributed by atoms with Crippen LogP contribution in [0, 0.1) is 11.8 Å². The van der Waals surface area contributed by atoms with Gasteiger partial charge in [0.2, 0.25) is 10.0 Å². The second-order valence-corrected chi connectivity index (χ2v) is 6.20. The van der Waals surface area contributed by atoms with E-state index < -0.39 is 10.0 Å². The van der Waals surface area contributed by atoms with Gasteiger partial charge in [-0.05, 0) is 24.6 Å². The largest absolute Gasteiger partial charge is 0.395 e. The molecule has 1 aromatic carbocycles. The average Bonchev–Trinajstić information content (AvgIpc) is 2.92. The Balaban J connectivity index is 2.15. The van der Waals surface area contributed by atoms with Crippen LogP contribution in [-0.4, -0.2) is 39.4 Å². The zero-order valence-corrected chi connectivity index (χ0v) is 11.8. The molecule has 1 aliphatic heterocycles. The lowest BCUT2D eigenvalue weighted by molar-refractivity contribution is 0.192. The first kappa shape index (κ1) is 15.0. The highest BCUT2D eigenvalue weighted by atomic mass is 32.2. The fourth-order valence-electron chi connectivity index (χ4n) is 1.88. The summed E-state index contributed by atoms with van der Waals surface area (Å²) in [7, 11) is -3.54. The maximum Gasteiger partial charge on any atom is 0.240 e. The predicted octanol–water partition coefficient (Wildman–Crippen LogP) is 0.488. The van der Waals surface area contributed by atoms with Gasteiger partial charge in [-0.1, -0.05) is 17.9 Å². The Kier molecular flexibility index (Phi) is 5.15. The second-order valence-electron chi connectivity index (χ2n) is 4.49. The molecule has 2 N–H and O–H groups in total. The van der Waals surface area contributed by atoms with Gasteiger partial charge in [0.05, 0.1) is 18.1 Å². The quantitative estimate of drug-likeness (QED) is 0.793. The van der Waals surface area contributed by atoms with Crippen LogP contribution in [0.25, 0.3) is 0 Å². The van der Waals surface area contributed by atoms with Crippen molar-refractivity contribution in [3.8, 4) is 11.8 Å². The Morgan fingerprint density at radius 1 is 1.45 bits per heavy atom. The third kappa shape index (κ3) is 4.05. The summed E-state index contributed by atoms with van der Waals surface area (Å²) in [6, 6.07) is 6.30. The van der Waals surface area contributed by atoms with Crippen molar-refractivity contribution in [3.05, 3.63) is 29.8 Å². The molecule has 0 bridgehead atoms. The number of hydrogen-bond donors (Lipinski definition) is 2. The Morgan fingerprint density at radius 3 is 3.00 bits per heavy atom. The van der Waals surface area contributed by atoms with E-state index in [1.54, 1.807) is 12.1 Å². The van der Waals surface area contributed by atoms with Crippen molar-refractivity contribution in [1.82, 2.24) is 4.72 Å². The highest BCUT2D eigenvalue weighted by molar-refractivity contribution is 7.89. The normalized spacial score (nSPS) is 18.6. The van der Waals surface area contributed by atoms with E-state index in [-0.39, 0.29) is 17.5 Å². The monoisotopic (exact) mass is 295 g/mol. The van der Waals surface area contributed by atoms with Crippen molar-refractivity contribution in [1.29, 1.82) is 0 Å². The highest BCUT2D eigenvalue weighted by Gasteiger charge is 2.23. The van der Waals surface area contributed by atoms with E-state index in [4.69, 9.17) is 9.84 Å². The van der Waals surface area contributed by atoms with Crippen LogP contribution in [0.1, 0.15) is 18.4 Å². The van der Waals surface area contributed by atoms with E-state index >= 15 is 0 Å². The predicted molar refractivity (Wildman–Crippen MR) is 74.6 cm³/mol. The molecule has 5 nitrogen and oxygen atoms in total. The Morgan fingerprint density at radius 2 is 2.30 bits per heavy atom. The molecule has 1 atom stereocenters. The molecule has 1 aliphatic rings. The molecule has 2 rings (SSSR count). The number of aliphatic hydroxyl groups is 1. The van der Waals surface area contributed by atoms with Gasteiger partial charge in [0.25, 0.3) is 0 Å². The molecule has 1 saturated heterocycles. The van der Waals surface area contributed by atoms with Crippen LogP contribution in [0.4, 0.5) is 0 Å². The van der Waals surface area contributed by atoms with Gasteiger partial charge in [0, 0.05) is 24.6 Å². The summed E-state index contributed by atoms with van der Waals surface area (Å²) in [4.78, 5) is 0.195. The summed E-state index contributed by atoms with van der Waals surface area (Å²) < 4.78 is 32.2. The molecule has 1 aromatic rings. The van der Waals surface area contributed by atoms with Crippen LogP contribution in [0.15, 0.2) is 29.2 Å². The lowest BCUT2D eigenvalue weighted by Crippen LogP contribution is -2.35. The fraction of sp³-hybridized carbons (Fsp3) is 0.429. The number of aliphatic hydroxyl groups excluding tert-OH is 1. The molecule has 1 unspecified atom stereocenters. The van der Waals surface area contributed by atoms with Crippen molar-refractivity contribution in [2.24, 2.45) is 0 Å². The summed E-state index contributed by atoms with van der Waals surface area (Å²) in [5, 5.41) is 8.67. The molecule has 20 heavy (non-hydrogen) atoms. The Bertz CT molecular complexity index is 610. The number of ether oxygens (including phenoxy) is 1. The van der Waals surface area contributed by atoms with Crippen molar-refractivity contribution in [2.75, 3.05) is 19.8 Å². The summed E-state index contributed by atoms with van der Waals surface area (Å²) in [6.45, 7) is 0.989. The topological polar surface area (TPSA) is 75.6 Å². The summed E-state index contributed by atoms with van der Waals surface area (Å²) >= 11 is 0. The second kappa shape index (κ2) is 6.86. The number of hydrogen-bond acceptors (Lipinski definition) is 4. The van der Waals surface area contributed by atoms with Gasteiger partial charge in [-0.3, -0.25) is 0 Å². The van der Waals surface area contributed by atoms with Gasteiger partial charge in [-0.2, -0.15) is 0 Å². The van der Waals surface area contributed by atoms with Crippen molar-refractivity contribution in [3.63, 3.8) is 0 Å². The van der Waals surface area contributed by atoms with Gasteiger partial charge in [0.1, 0.15) is 0 Å². The fourth-order valence-corrected chi connectivity index (χ4v) is 3.18. The average molecular weight is 295 g/mol. The van der Waals surface area contributed by atoms with Crippen LogP contribution in [-0.2, 0) is 14.8 Å². The molecule has 0 aliphatic carbocycles. The first-order chi connectivity index (χ1) is 9.62. The van der Waals surface area contributed by atoms with E-state index in [1.807, 2.05) is 0 Å². The Hall–Kier alpha value is -1.39. The van der Waals surface area contributed by atoms with Crippen molar-refractivity contribution >= 4 is 10.0 Å². The minimum Gasteiger partial charge on any atom is -0.395 e. The molecule has 0 saturated carbocycles. The van der Waals surface area contributed by atoms with E-state index in [0.29, 0.717) is 31.6 Å². The van der Waals surface area contributed by atoms with E-state index in [9.17, 15) is 8.42 Å². The summed E-state index contributed by atoms with van der Waals surface area (Å²) in [5.74, 6) is 5.59. The molecule has 0 spiro atoms. The minimum atomic E-state index is -3.54. The first-order valence-electron chi connectivity index (χ1n) is 6.42. The first-order valence-corrected chi connectivity index (χ1v) is 7.90. The van der Waals surface area contributed by atoms with Crippen LogP contribution in [0.2, 0.25) is 0 Å². The number of benzene rings is 1. The highest BCUT2D eigenvalue weighted by Crippen LogP contribution is 2.14. The summed E-state index contributed by atoms with van der Waals surface area (Å²) in [6.07, 6.45) is 1.06. The van der Waals surface area contributed by atoms with Gasteiger partial charge in [-0.25, -0.2) is 13.1 Å². The summed E-state index contributed by atoms with van der Waals surface area (Å²) in [5.41, 5.74) is 0.615. The number of rotatable bonds is 4. The van der Waals surface area contributed by atoms with Gasteiger partial charge in [0.15, 0.2) is 0 Å². The zero-order chi connectivity index (χ0) is 14.4. The van der Waals surface area contributed by atoms with Gasteiger partial charge in [-0.15, -0.1) is 0 Å². The molecule has 1 heterocycles. The maximum atomic E-state index is 12.2. The molecule has 0 radical (unpaired) electrons. The van der Waals surface area contributed by atoms with E-state index in [1.165, 1.54) is 12.1 Å². The number of nitrogens with one attached hydrogen (secondary N) is 1. The van der Waals surface area contributed by atoms with Gasteiger partial charge < -0.3 is 9.84 Å². The Labute approximate surface area is 119 Å². The third-order valence-electron chi connectivity index (χ3n) is 2.87. The molecule has 0 amide bonds. The standard InChI is InChI=1S/C14H17NO4S/c16-8-2-1-4-12-5-3-6-14(10-12)20(17,18)15-13-7-9-19-11-13/h3,5-6,10,13,15-16H,2,7-9,11H2. The van der Waals surface area contributed by atoms with Crippen LogP contribution in [0.3, 0.4) is 0 Å². The maximum absolute atomic E-state index is 12.2. The zero-order valence-electron chi connectivity index (χ0n) is 11.0. The van der Waals surface area contributed by atoms with Gasteiger partial charge >= 0.3 is 0 Å². The molecule has 0 aromatic heterocycles. The molecular weight excluding hydrogens is 278 g/mol. The molecular formula is C14H17NO4S. The van der Waals surface area contributed by atoms with Crippen molar-refractivity contribution < 1.29 is 18.3 Å². The van der Waals surface area contributed by atoms with E-state index in [0.717, 1.165) is 0 Å². The number of sulfonamides is 1. The molecule has 108 valence electrons. The SMILES string of the molecule is O=S(=O)(NC1CCOC1)c1cccc(C#CCCO)c1. The lowest BCUT2D eigenvalue weighted by Gasteiger charge is -2.11. The smallest absolute Gasteiger partial charge is 0.240 e. The third-order valence-corrected chi connectivity index (χ3v) is 4.38. The van der Waals surface area contributed by atoms with Crippen LogP contribution in [0.5, 0.6) is 0 Å². The van der Waals surface area contributed by atoms with E-state index in [2.05, 4.69) is 16.6 Å². The molecule has 6 heteroatoms. The lowest BCUT2D eigenvalue weighted by atomic mass is 10.2. The van der Waals surface area contributed by atoms with Crippen LogP contribution >= 0.6 is 0 Å². The molecule has 1 fully saturated rings.